The van der Waals surface area contributed by atoms with E-state index in [1.54, 1.807) is 0 Å². The molecule has 0 unspecified atom stereocenters. The maximum absolute atomic E-state index is 2.23. The second-order valence-electron chi connectivity index (χ2n) is 4.16. The van der Waals surface area contributed by atoms with Gasteiger partial charge in [-0.15, -0.1) is 40.6 Å². The van der Waals surface area contributed by atoms with Gasteiger partial charge in [-0.3, -0.25) is 0 Å². The van der Waals surface area contributed by atoms with Crippen LogP contribution < -0.4 is 24.8 Å². The summed E-state index contributed by atoms with van der Waals surface area (Å²) in [4.78, 5) is 0. The fraction of sp³-hybridized carbons (Fsp3) is 0.188. The van der Waals surface area contributed by atoms with E-state index in [4.69, 9.17) is 0 Å². The second kappa shape index (κ2) is 11.6. The van der Waals surface area contributed by atoms with E-state index >= 15 is 0 Å². The Labute approximate surface area is 155 Å². The van der Waals surface area contributed by atoms with Gasteiger partial charge in [0.2, 0.25) is 0 Å². The molecule has 0 saturated heterocycles. The average Bonchev–Trinajstić information content (AvgIpc) is 2.98. The largest absolute Gasteiger partial charge is 3.00 e. The van der Waals surface area contributed by atoms with Gasteiger partial charge in [0.05, 0.1) is 0 Å². The number of benzene rings is 1. The Kier molecular flexibility index (Phi) is 13.0. The van der Waals surface area contributed by atoms with E-state index in [0.29, 0.717) is 0 Å². The number of fused-ring (bicyclic) bond motifs is 1. The predicted octanol–water partition coefficient (Wildman–Crippen LogP) is -1.31. The van der Waals surface area contributed by atoms with Gasteiger partial charge >= 0.3 is 26.2 Å². The summed E-state index contributed by atoms with van der Waals surface area (Å²) in [5.74, 6) is 0. The third-order valence-corrected chi connectivity index (χ3v) is 2.80. The third-order valence-electron chi connectivity index (χ3n) is 2.80. The summed E-state index contributed by atoms with van der Waals surface area (Å²) in [6.45, 7) is 4.31. The van der Waals surface area contributed by atoms with Gasteiger partial charge in [-0.2, -0.15) is 0 Å². The van der Waals surface area contributed by atoms with Crippen LogP contribution >= 0.6 is 0 Å². The molecule has 0 saturated carbocycles. The van der Waals surface area contributed by atoms with Crippen molar-refractivity contribution in [3.8, 4) is 0 Å². The summed E-state index contributed by atoms with van der Waals surface area (Å²) in [7, 11) is 1.08. The number of halogens is 2. The van der Waals surface area contributed by atoms with Crippen molar-refractivity contribution < 1.29 is 51.0 Å². The van der Waals surface area contributed by atoms with Gasteiger partial charge in [0, 0.05) is 9.52 Å². The maximum atomic E-state index is 2.23. The molecule has 0 heterocycles. The Balaban J connectivity index is 0. The van der Waals surface area contributed by atoms with Gasteiger partial charge < -0.3 is 24.8 Å². The van der Waals surface area contributed by atoms with Crippen molar-refractivity contribution in [3.05, 3.63) is 60.2 Å². The van der Waals surface area contributed by atoms with Crippen LogP contribution in [0, 0.1) is 0 Å². The summed E-state index contributed by atoms with van der Waals surface area (Å²) < 4.78 is 0. The molecule has 0 fully saturated rings. The zero-order valence-electron chi connectivity index (χ0n) is 11.7. The maximum Gasteiger partial charge on any atom is 3.00 e. The topological polar surface area (TPSA) is 0 Å². The molecule has 0 atom stereocenters. The molecule has 1 aliphatic rings. The molecule has 0 aromatic heterocycles. The van der Waals surface area contributed by atoms with Crippen LogP contribution in [-0.2, 0) is 26.2 Å². The van der Waals surface area contributed by atoms with E-state index in [-0.39, 0.29) is 51.0 Å². The first kappa shape index (κ1) is 22.3. The Morgan fingerprint density at radius 2 is 1.70 bits per heavy atom. The SMILES string of the molecule is C1=CCC([c-]2ccc3ccccc32)=C1.C[Si]C.[Cl-].[Cl-].[Zr+3]. The zero-order valence-corrected chi connectivity index (χ0v) is 16.6. The molecule has 2 aromatic rings. The van der Waals surface area contributed by atoms with Gasteiger partial charge in [0.25, 0.3) is 0 Å². The number of rotatable bonds is 1. The summed E-state index contributed by atoms with van der Waals surface area (Å²) >= 11 is 0. The van der Waals surface area contributed by atoms with Crippen molar-refractivity contribution in [1.82, 2.24) is 0 Å². The van der Waals surface area contributed by atoms with Crippen LogP contribution in [0.2, 0.25) is 13.1 Å². The van der Waals surface area contributed by atoms with Crippen LogP contribution in [0.1, 0.15) is 12.0 Å². The van der Waals surface area contributed by atoms with E-state index < -0.39 is 0 Å². The Morgan fingerprint density at radius 3 is 2.30 bits per heavy atom. The molecular formula is C16H17Cl2SiZr. The average molecular weight is 400 g/mol. The molecule has 0 nitrogen and oxygen atoms in total. The summed E-state index contributed by atoms with van der Waals surface area (Å²) in [5.41, 5.74) is 2.83. The second-order valence-corrected chi connectivity index (χ2v) is 5.16. The molecule has 2 aromatic carbocycles. The molecule has 0 spiro atoms. The number of hydrogen-bond acceptors (Lipinski definition) is 0. The van der Waals surface area contributed by atoms with Crippen LogP contribution in [-0.4, -0.2) is 9.52 Å². The monoisotopic (exact) mass is 397 g/mol. The van der Waals surface area contributed by atoms with Gasteiger partial charge in [-0.1, -0.05) is 49.0 Å². The third kappa shape index (κ3) is 5.41. The van der Waals surface area contributed by atoms with Gasteiger partial charge in [-0.25, -0.2) is 0 Å². The van der Waals surface area contributed by atoms with Crippen LogP contribution in [0.5, 0.6) is 0 Å². The molecule has 3 radical (unpaired) electrons. The molecule has 0 amide bonds. The molecule has 1 aliphatic carbocycles. The Morgan fingerprint density at radius 1 is 1.05 bits per heavy atom. The van der Waals surface area contributed by atoms with Crippen molar-refractivity contribution in [2.45, 2.75) is 19.5 Å². The quantitative estimate of drug-likeness (QED) is 0.413. The van der Waals surface area contributed by atoms with Crippen molar-refractivity contribution in [2.24, 2.45) is 0 Å². The van der Waals surface area contributed by atoms with E-state index in [1.165, 1.54) is 21.9 Å². The molecular weight excluding hydrogens is 382 g/mol. The molecule has 4 heteroatoms. The standard InChI is InChI=1S/C14H11.C2H6Si.2ClH.Zr/c1-2-6-11(5-1)14-10-9-12-7-3-4-8-13(12)14;1-3-2;;;/h1-5,7-10H,6H2;1-2H3;2*1H;/q-1;;;;+3/p-2. The Bertz CT molecular complexity index is 558. The minimum atomic E-state index is 0. The first-order chi connectivity index (χ1) is 8.36. The zero-order chi connectivity index (χ0) is 12.1. The van der Waals surface area contributed by atoms with Crippen molar-refractivity contribution in [2.75, 3.05) is 0 Å². The van der Waals surface area contributed by atoms with Crippen LogP contribution in [0.4, 0.5) is 0 Å². The summed E-state index contributed by atoms with van der Waals surface area (Å²) in [6, 6.07) is 13.0. The fourth-order valence-electron chi connectivity index (χ4n) is 2.08. The van der Waals surface area contributed by atoms with Gasteiger partial charge in [0.15, 0.2) is 0 Å². The molecule has 0 N–H and O–H groups in total. The minimum Gasteiger partial charge on any atom is -1.00 e. The van der Waals surface area contributed by atoms with E-state index in [2.05, 4.69) is 67.7 Å². The molecule has 103 valence electrons. The molecule has 3 rings (SSSR count). The van der Waals surface area contributed by atoms with Gasteiger partial charge in [-0.05, 0) is 6.42 Å². The summed E-state index contributed by atoms with van der Waals surface area (Å²) in [6.07, 6.45) is 7.63. The van der Waals surface area contributed by atoms with E-state index in [0.717, 1.165) is 15.9 Å². The van der Waals surface area contributed by atoms with Crippen molar-refractivity contribution in [3.63, 3.8) is 0 Å². The van der Waals surface area contributed by atoms with E-state index in [1.807, 2.05) is 0 Å². The van der Waals surface area contributed by atoms with Crippen LogP contribution in [0.15, 0.2) is 54.6 Å². The predicted molar refractivity (Wildman–Crippen MR) is 78.8 cm³/mol. The smallest absolute Gasteiger partial charge is 1.00 e. The first-order valence-corrected chi connectivity index (χ1v) is 7.96. The first-order valence-electron chi connectivity index (χ1n) is 5.96. The van der Waals surface area contributed by atoms with Gasteiger partial charge in [0.1, 0.15) is 0 Å². The van der Waals surface area contributed by atoms with Crippen molar-refractivity contribution in [1.29, 1.82) is 0 Å². The summed E-state index contributed by atoms with van der Waals surface area (Å²) in [5, 5.41) is 2.72. The molecule has 0 aliphatic heterocycles. The normalized spacial score (nSPS) is 11.4. The van der Waals surface area contributed by atoms with E-state index in [9.17, 15) is 0 Å². The molecule has 0 bridgehead atoms. The van der Waals surface area contributed by atoms with Crippen molar-refractivity contribution >= 4 is 25.9 Å². The van der Waals surface area contributed by atoms with Crippen LogP contribution in [0.3, 0.4) is 0 Å². The number of hydrogen-bond donors (Lipinski definition) is 0. The Hall–Kier alpha value is -0.01000. The fourth-order valence-corrected chi connectivity index (χ4v) is 2.08. The number of allylic oxidation sites excluding steroid dienone is 4. The molecule has 20 heavy (non-hydrogen) atoms. The van der Waals surface area contributed by atoms with Crippen LogP contribution in [0.25, 0.3) is 16.3 Å². The minimum absolute atomic E-state index is 0.